The molecule has 0 N–H and O–H groups in total. The van der Waals surface area contributed by atoms with Gasteiger partial charge in [-0.3, -0.25) is 4.79 Å². The zero-order valence-electron chi connectivity index (χ0n) is 17.2. The van der Waals surface area contributed by atoms with E-state index in [9.17, 15) is 9.59 Å². The van der Waals surface area contributed by atoms with Crippen molar-refractivity contribution in [3.8, 4) is 5.69 Å². The molecule has 1 aromatic carbocycles. The second kappa shape index (κ2) is 8.19. The molecular formula is C22H28N2O4. The van der Waals surface area contributed by atoms with Crippen LogP contribution in [0.25, 0.3) is 5.69 Å². The highest BCUT2D eigenvalue weighted by Gasteiger charge is 2.27. The number of ether oxygens (including phenoxy) is 2. The number of aromatic nitrogens is 1. The molecule has 28 heavy (non-hydrogen) atoms. The number of nitrogens with zero attached hydrogens (tertiary/aromatic N) is 2. The first kappa shape index (κ1) is 20.1. The van der Waals surface area contributed by atoms with Gasteiger partial charge in [0.25, 0.3) is 5.91 Å². The molecule has 1 amide bonds. The molecule has 0 radical (unpaired) electrons. The average Bonchev–Trinajstić information content (AvgIpc) is 2.94. The first-order valence-electron chi connectivity index (χ1n) is 9.62. The number of hydrogen-bond acceptors (Lipinski definition) is 4. The van der Waals surface area contributed by atoms with Gasteiger partial charge in [-0.05, 0) is 52.8 Å². The molecule has 3 rings (SSSR count). The fourth-order valence-electron chi connectivity index (χ4n) is 3.74. The third-order valence-corrected chi connectivity index (χ3v) is 5.04. The van der Waals surface area contributed by atoms with Crippen LogP contribution in [0.4, 0.5) is 0 Å². The summed E-state index contributed by atoms with van der Waals surface area (Å²) in [5, 5.41) is 0. The maximum absolute atomic E-state index is 12.6. The summed E-state index contributed by atoms with van der Waals surface area (Å²) >= 11 is 0. The molecule has 2 heterocycles. The third kappa shape index (κ3) is 4.28. The van der Waals surface area contributed by atoms with Gasteiger partial charge in [-0.2, -0.15) is 0 Å². The van der Waals surface area contributed by atoms with E-state index in [-0.39, 0.29) is 24.7 Å². The van der Waals surface area contributed by atoms with Crippen molar-refractivity contribution >= 4 is 11.9 Å². The van der Waals surface area contributed by atoms with Crippen molar-refractivity contribution in [1.82, 2.24) is 9.47 Å². The molecule has 0 aliphatic carbocycles. The Bertz CT molecular complexity index is 859. The number of carbonyl (C=O) groups excluding carboxylic acids is 2. The van der Waals surface area contributed by atoms with Gasteiger partial charge >= 0.3 is 5.97 Å². The molecule has 1 aliphatic rings. The van der Waals surface area contributed by atoms with Crippen molar-refractivity contribution in [3.63, 3.8) is 0 Å². The van der Waals surface area contributed by atoms with E-state index in [2.05, 4.69) is 0 Å². The summed E-state index contributed by atoms with van der Waals surface area (Å²) in [5.74, 6) is -0.670. The van der Waals surface area contributed by atoms with Crippen LogP contribution >= 0.6 is 0 Å². The lowest BCUT2D eigenvalue weighted by Gasteiger charge is -2.35. The molecule has 2 atom stereocenters. The van der Waals surface area contributed by atoms with Crippen molar-refractivity contribution in [2.24, 2.45) is 0 Å². The summed E-state index contributed by atoms with van der Waals surface area (Å²) in [4.78, 5) is 26.7. The van der Waals surface area contributed by atoms with Crippen LogP contribution in [0.3, 0.4) is 0 Å². The number of amides is 1. The molecule has 1 fully saturated rings. The van der Waals surface area contributed by atoms with E-state index in [0.29, 0.717) is 18.7 Å². The summed E-state index contributed by atoms with van der Waals surface area (Å²) in [6.45, 7) is 10.5. The maximum Gasteiger partial charge on any atom is 0.340 e. The van der Waals surface area contributed by atoms with Crippen LogP contribution in [-0.2, 0) is 14.3 Å². The Balaban J connectivity index is 1.69. The maximum atomic E-state index is 12.6. The van der Waals surface area contributed by atoms with Crippen LogP contribution in [-0.4, -0.2) is 53.2 Å². The van der Waals surface area contributed by atoms with E-state index < -0.39 is 5.97 Å². The smallest absolute Gasteiger partial charge is 0.340 e. The Morgan fingerprint density at radius 3 is 2.29 bits per heavy atom. The molecule has 0 bridgehead atoms. The predicted molar refractivity (Wildman–Crippen MR) is 107 cm³/mol. The summed E-state index contributed by atoms with van der Waals surface area (Å²) in [7, 11) is 0. The number of morpholine rings is 1. The van der Waals surface area contributed by atoms with Gasteiger partial charge in [0.2, 0.25) is 0 Å². The van der Waals surface area contributed by atoms with E-state index in [1.807, 2.05) is 63.5 Å². The number of esters is 1. The van der Waals surface area contributed by atoms with Crippen molar-refractivity contribution < 1.29 is 19.1 Å². The largest absolute Gasteiger partial charge is 0.452 e. The Morgan fingerprint density at radius 2 is 1.68 bits per heavy atom. The normalized spacial score (nSPS) is 19.5. The van der Waals surface area contributed by atoms with Crippen LogP contribution in [0.15, 0.2) is 30.3 Å². The number of benzene rings is 1. The van der Waals surface area contributed by atoms with Gasteiger partial charge in [0, 0.05) is 30.2 Å². The van der Waals surface area contributed by atoms with Crippen molar-refractivity contribution in [2.45, 2.75) is 46.8 Å². The molecule has 2 aromatic rings. The van der Waals surface area contributed by atoms with Gasteiger partial charge in [0.15, 0.2) is 6.61 Å². The minimum absolute atomic E-state index is 0.0168. The standard InChI is InChI=1S/C22H28N2O4/c1-14-6-8-19(9-7-14)24-15(2)10-20(18(24)5)22(26)27-13-21(25)23-11-16(3)28-17(4)12-23/h6-10,16-17H,11-13H2,1-5H3/t16-,17+. The topological polar surface area (TPSA) is 60.8 Å². The summed E-state index contributed by atoms with van der Waals surface area (Å²) < 4.78 is 13.0. The van der Waals surface area contributed by atoms with Gasteiger partial charge in [0.1, 0.15) is 0 Å². The Kier molecular flexibility index (Phi) is 5.89. The lowest BCUT2D eigenvalue weighted by atomic mass is 10.2. The number of rotatable bonds is 4. The highest BCUT2D eigenvalue weighted by Crippen LogP contribution is 2.22. The lowest BCUT2D eigenvalue weighted by Crippen LogP contribution is -2.49. The van der Waals surface area contributed by atoms with Gasteiger partial charge in [0.05, 0.1) is 17.8 Å². The zero-order valence-corrected chi connectivity index (χ0v) is 17.2. The van der Waals surface area contributed by atoms with E-state index in [1.54, 1.807) is 11.0 Å². The van der Waals surface area contributed by atoms with E-state index >= 15 is 0 Å². The van der Waals surface area contributed by atoms with E-state index in [1.165, 1.54) is 5.56 Å². The zero-order chi connectivity index (χ0) is 20.4. The van der Waals surface area contributed by atoms with Crippen LogP contribution in [0.5, 0.6) is 0 Å². The number of hydrogen-bond donors (Lipinski definition) is 0. The summed E-state index contributed by atoms with van der Waals surface area (Å²) in [6, 6.07) is 9.93. The van der Waals surface area contributed by atoms with Crippen LogP contribution < -0.4 is 0 Å². The highest BCUT2D eigenvalue weighted by molar-refractivity contribution is 5.93. The number of aryl methyl sites for hydroxylation is 2. The quantitative estimate of drug-likeness (QED) is 0.760. The van der Waals surface area contributed by atoms with Crippen molar-refractivity contribution in [1.29, 1.82) is 0 Å². The molecule has 1 saturated heterocycles. The fourth-order valence-corrected chi connectivity index (χ4v) is 3.74. The highest BCUT2D eigenvalue weighted by atomic mass is 16.5. The van der Waals surface area contributed by atoms with Gasteiger partial charge < -0.3 is 18.9 Å². The second-order valence-electron chi connectivity index (χ2n) is 7.59. The molecular weight excluding hydrogens is 356 g/mol. The summed E-state index contributed by atoms with van der Waals surface area (Å²) in [6.07, 6.45) is -0.0336. The average molecular weight is 384 g/mol. The number of carbonyl (C=O) groups is 2. The summed E-state index contributed by atoms with van der Waals surface area (Å²) in [5.41, 5.74) is 4.39. The molecule has 150 valence electrons. The van der Waals surface area contributed by atoms with Crippen LogP contribution in [0.2, 0.25) is 0 Å². The van der Waals surface area contributed by atoms with Crippen LogP contribution in [0, 0.1) is 20.8 Å². The Hall–Kier alpha value is -2.60. The molecule has 0 unspecified atom stereocenters. The molecule has 6 nitrogen and oxygen atoms in total. The van der Waals surface area contributed by atoms with E-state index in [0.717, 1.165) is 17.1 Å². The van der Waals surface area contributed by atoms with Gasteiger partial charge in [-0.25, -0.2) is 4.79 Å². The Morgan fingerprint density at radius 1 is 1.07 bits per heavy atom. The molecule has 1 aliphatic heterocycles. The molecule has 0 saturated carbocycles. The fraction of sp³-hybridized carbons (Fsp3) is 0.455. The third-order valence-electron chi connectivity index (χ3n) is 5.04. The van der Waals surface area contributed by atoms with Crippen LogP contribution in [0.1, 0.15) is 41.2 Å². The minimum Gasteiger partial charge on any atom is -0.452 e. The SMILES string of the molecule is Cc1ccc(-n2c(C)cc(C(=O)OCC(=O)N3C[C@@H](C)O[C@@H](C)C3)c2C)cc1. The van der Waals surface area contributed by atoms with E-state index in [4.69, 9.17) is 9.47 Å². The monoisotopic (exact) mass is 384 g/mol. The first-order valence-corrected chi connectivity index (χ1v) is 9.62. The van der Waals surface area contributed by atoms with Gasteiger partial charge in [-0.1, -0.05) is 17.7 Å². The van der Waals surface area contributed by atoms with Gasteiger partial charge in [-0.15, -0.1) is 0 Å². The molecule has 6 heteroatoms. The molecule has 1 aromatic heterocycles. The lowest BCUT2D eigenvalue weighted by molar-refractivity contribution is -0.146. The van der Waals surface area contributed by atoms with Crippen molar-refractivity contribution in [3.05, 3.63) is 52.8 Å². The second-order valence-corrected chi connectivity index (χ2v) is 7.59. The first-order chi connectivity index (χ1) is 13.3. The Labute approximate surface area is 166 Å². The predicted octanol–water partition coefficient (Wildman–Crippen LogP) is 3.20. The minimum atomic E-state index is -0.478. The van der Waals surface area contributed by atoms with Crippen molar-refractivity contribution in [2.75, 3.05) is 19.7 Å². The molecule has 0 spiro atoms.